The molecule has 180 valence electrons. The first-order valence-corrected chi connectivity index (χ1v) is 10.8. The molecule has 0 saturated carbocycles. The van der Waals surface area contributed by atoms with Gasteiger partial charge < -0.3 is 19.5 Å². The molecule has 0 saturated heterocycles. The number of hydrazone groups is 1. The summed E-state index contributed by atoms with van der Waals surface area (Å²) < 4.78 is 16.1. The quantitative estimate of drug-likeness (QED) is 0.160. The highest BCUT2D eigenvalue weighted by Crippen LogP contribution is 2.29. The van der Waals surface area contributed by atoms with E-state index in [1.54, 1.807) is 67.6 Å². The molecule has 0 atom stereocenters. The molecule has 3 rings (SSSR count). The topological polar surface area (TPSA) is 115 Å². The van der Waals surface area contributed by atoms with Gasteiger partial charge in [0, 0.05) is 5.02 Å². The molecule has 0 aliphatic rings. The van der Waals surface area contributed by atoms with E-state index in [1.807, 2.05) is 0 Å². The van der Waals surface area contributed by atoms with Crippen LogP contribution in [0.25, 0.3) is 0 Å². The molecule has 0 aromatic heterocycles. The van der Waals surface area contributed by atoms with E-state index in [0.29, 0.717) is 39.9 Å². The first-order chi connectivity index (χ1) is 16.9. The Hall–Kier alpha value is -4.37. The van der Waals surface area contributed by atoms with Gasteiger partial charge in [-0.15, -0.1) is 0 Å². The van der Waals surface area contributed by atoms with Gasteiger partial charge in [-0.05, 0) is 67.1 Å². The van der Waals surface area contributed by atoms with Gasteiger partial charge in [0.15, 0.2) is 11.5 Å². The minimum atomic E-state index is -0.967. The number of esters is 1. The molecule has 2 amide bonds. The number of methoxy groups -OCH3 is 1. The zero-order chi connectivity index (χ0) is 25.2. The van der Waals surface area contributed by atoms with Crippen molar-refractivity contribution in [2.75, 3.05) is 19.0 Å². The molecule has 35 heavy (non-hydrogen) atoms. The Kier molecular flexibility index (Phi) is 8.80. The third-order valence-corrected chi connectivity index (χ3v) is 4.74. The highest BCUT2D eigenvalue weighted by Gasteiger charge is 2.16. The van der Waals surface area contributed by atoms with Crippen molar-refractivity contribution in [3.63, 3.8) is 0 Å². The number of rotatable bonds is 8. The van der Waals surface area contributed by atoms with Crippen LogP contribution in [0.15, 0.2) is 71.8 Å². The number of halogens is 1. The normalized spacial score (nSPS) is 10.5. The summed E-state index contributed by atoms with van der Waals surface area (Å²) in [5, 5.41) is 6.76. The van der Waals surface area contributed by atoms with Crippen molar-refractivity contribution in [1.29, 1.82) is 0 Å². The van der Waals surface area contributed by atoms with Crippen LogP contribution in [0.3, 0.4) is 0 Å². The fourth-order valence-corrected chi connectivity index (χ4v) is 2.97. The minimum Gasteiger partial charge on any atom is -0.495 e. The van der Waals surface area contributed by atoms with Crippen molar-refractivity contribution < 1.29 is 28.6 Å². The van der Waals surface area contributed by atoms with Crippen LogP contribution in [-0.4, -0.2) is 37.7 Å². The second-order valence-corrected chi connectivity index (χ2v) is 7.33. The molecule has 2 N–H and O–H groups in total. The number of anilines is 1. The second kappa shape index (κ2) is 12.2. The van der Waals surface area contributed by atoms with Gasteiger partial charge in [-0.3, -0.25) is 9.59 Å². The number of para-hydroxylation sites is 2. The number of nitrogens with one attached hydrogen (secondary N) is 2. The molecule has 0 radical (unpaired) electrons. The Morgan fingerprint density at radius 2 is 1.69 bits per heavy atom. The van der Waals surface area contributed by atoms with Crippen LogP contribution < -0.4 is 25.0 Å². The van der Waals surface area contributed by atoms with Gasteiger partial charge in [0.05, 0.1) is 31.2 Å². The number of hydrogen-bond acceptors (Lipinski definition) is 7. The zero-order valence-corrected chi connectivity index (χ0v) is 19.7. The Labute approximate surface area is 206 Å². The summed E-state index contributed by atoms with van der Waals surface area (Å²) in [6.07, 6.45) is 1.32. The van der Waals surface area contributed by atoms with Crippen LogP contribution in [0.5, 0.6) is 17.2 Å². The zero-order valence-electron chi connectivity index (χ0n) is 18.9. The van der Waals surface area contributed by atoms with Gasteiger partial charge in [0.25, 0.3) is 0 Å². The largest absolute Gasteiger partial charge is 0.495 e. The monoisotopic (exact) mass is 495 g/mol. The molecule has 3 aromatic carbocycles. The van der Waals surface area contributed by atoms with Gasteiger partial charge in [0.1, 0.15) is 5.75 Å². The van der Waals surface area contributed by atoms with Crippen LogP contribution in [0, 0.1) is 0 Å². The van der Waals surface area contributed by atoms with Crippen LogP contribution in [0.4, 0.5) is 5.69 Å². The van der Waals surface area contributed by atoms with Gasteiger partial charge in [-0.25, -0.2) is 10.2 Å². The van der Waals surface area contributed by atoms with Crippen molar-refractivity contribution in [1.82, 2.24) is 5.43 Å². The maximum absolute atomic E-state index is 12.4. The van der Waals surface area contributed by atoms with E-state index in [0.717, 1.165) is 0 Å². The average molecular weight is 496 g/mol. The fourth-order valence-electron chi connectivity index (χ4n) is 2.85. The lowest BCUT2D eigenvalue weighted by Gasteiger charge is -2.11. The maximum Gasteiger partial charge on any atom is 0.343 e. The van der Waals surface area contributed by atoms with E-state index >= 15 is 0 Å². The van der Waals surface area contributed by atoms with Gasteiger partial charge in [0.2, 0.25) is 0 Å². The summed E-state index contributed by atoms with van der Waals surface area (Å²) >= 11 is 5.85. The summed E-state index contributed by atoms with van der Waals surface area (Å²) in [5.41, 5.74) is 3.37. The summed E-state index contributed by atoms with van der Waals surface area (Å²) in [6.45, 7) is 2.11. The minimum absolute atomic E-state index is 0.212. The van der Waals surface area contributed by atoms with Crippen molar-refractivity contribution in [3.05, 3.63) is 82.9 Å². The van der Waals surface area contributed by atoms with Crippen LogP contribution >= 0.6 is 11.6 Å². The Bertz CT molecular complexity index is 1240. The van der Waals surface area contributed by atoms with Gasteiger partial charge in [-0.1, -0.05) is 23.7 Å². The number of nitrogens with zero attached hydrogens (tertiary/aromatic N) is 1. The molecule has 3 aromatic rings. The van der Waals surface area contributed by atoms with E-state index in [1.165, 1.54) is 19.4 Å². The molecule has 0 bridgehead atoms. The average Bonchev–Trinajstić information content (AvgIpc) is 2.86. The number of benzene rings is 3. The number of ether oxygens (including phenoxy) is 3. The van der Waals surface area contributed by atoms with Gasteiger partial charge in [-0.2, -0.15) is 5.10 Å². The van der Waals surface area contributed by atoms with Crippen LogP contribution in [0.2, 0.25) is 5.02 Å². The highest BCUT2D eigenvalue weighted by atomic mass is 35.5. The van der Waals surface area contributed by atoms with Crippen molar-refractivity contribution in [3.8, 4) is 17.2 Å². The molecular weight excluding hydrogens is 474 g/mol. The molecule has 0 aliphatic heterocycles. The van der Waals surface area contributed by atoms with E-state index in [4.69, 9.17) is 25.8 Å². The first-order valence-electron chi connectivity index (χ1n) is 10.4. The summed E-state index contributed by atoms with van der Waals surface area (Å²) in [5.74, 6) is -1.52. The highest BCUT2D eigenvalue weighted by molar-refractivity contribution is 6.39. The molecule has 0 heterocycles. The Balaban J connectivity index is 1.64. The first kappa shape index (κ1) is 25.3. The third kappa shape index (κ3) is 7.05. The van der Waals surface area contributed by atoms with Crippen molar-refractivity contribution in [2.24, 2.45) is 5.10 Å². The van der Waals surface area contributed by atoms with E-state index in [-0.39, 0.29) is 5.75 Å². The molecular formula is C25H22ClN3O6. The lowest BCUT2D eigenvalue weighted by atomic mass is 10.2. The smallest absolute Gasteiger partial charge is 0.343 e. The second-order valence-electron chi connectivity index (χ2n) is 6.89. The third-order valence-electron chi connectivity index (χ3n) is 4.49. The lowest BCUT2D eigenvalue weighted by Crippen LogP contribution is -2.32. The number of carbonyl (C=O) groups excluding carboxylic acids is 3. The SMILES string of the molecule is CCOc1cc(/C=N\NC(=O)C(=O)Nc2ccccc2OC)ccc1OC(=O)c1ccc(Cl)cc1. The molecule has 9 nitrogen and oxygen atoms in total. The molecule has 0 unspecified atom stereocenters. The van der Waals surface area contributed by atoms with Crippen LogP contribution in [-0.2, 0) is 9.59 Å². The van der Waals surface area contributed by atoms with E-state index in [2.05, 4.69) is 15.8 Å². The summed E-state index contributed by atoms with van der Waals surface area (Å²) in [4.78, 5) is 36.6. The van der Waals surface area contributed by atoms with E-state index < -0.39 is 17.8 Å². The standard InChI is InChI=1S/C25H22ClN3O6/c1-3-34-22-14-16(8-13-21(22)35-25(32)17-9-11-18(26)12-10-17)15-27-29-24(31)23(30)28-19-6-4-5-7-20(19)33-2/h4-15H,3H2,1-2H3,(H,28,30)(H,29,31)/b27-15-. The predicted molar refractivity (Wildman–Crippen MR) is 131 cm³/mol. The lowest BCUT2D eigenvalue weighted by molar-refractivity contribution is -0.136. The summed E-state index contributed by atoms with van der Waals surface area (Å²) in [7, 11) is 1.45. The van der Waals surface area contributed by atoms with Crippen LogP contribution in [0.1, 0.15) is 22.8 Å². The maximum atomic E-state index is 12.4. The Morgan fingerprint density at radius 1 is 0.943 bits per heavy atom. The van der Waals surface area contributed by atoms with Gasteiger partial charge >= 0.3 is 17.8 Å². The van der Waals surface area contributed by atoms with E-state index in [9.17, 15) is 14.4 Å². The molecule has 0 aliphatic carbocycles. The predicted octanol–water partition coefficient (Wildman–Crippen LogP) is 4.06. The van der Waals surface area contributed by atoms with Crippen molar-refractivity contribution >= 4 is 41.3 Å². The number of carbonyl (C=O) groups is 3. The summed E-state index contributed by atoms with van der Waals surface area (Å²) in [6, 6.07) is 17.7. The fraction of sp³-hybridized carbons (Fsp3) is 0.120. The number of hydrogen-bond donors (Lipinski definition) is 2. The Morgan fingerprint density at radius 3 is 2.40 bits per heavy atom. The molecule has 0 spiro atoms. The molecule has 0 fully saturated rings. The molecule has 10 heteroatoms. The van der Waals surface area contributed by atoms with Crippen molar-refractivity contribution in [2.45, 2.75) is 6.92 Å². The number of amides is 2.